The van der Waals surface area contributed by atoms with E-state index in [0.717, 1.165) is 6.54 Å². The number of nitrogens with one attached hydrogen (secondary N) is 1. The summed E-state index contributed by atoms with van der Waals surface area (Å²) in [5.74, 6) is 0.710. The van der Waals surface area contributed by atoms with Crippen molar-refractivity contribution in [1.82, 2.24) is 10.2 Å². The first-order valence-corrected chi connectivity index (χ1v) is 5.67. The molecule has 0 radical (unpaired) electrons. The fourth-order valence-electron chi connectivity index (χ4n) is 1.25. The van der Waals surface area contributed by atoms with Crippen molar-refractivity contribution >= 4 is 0 Å². The summed E-state index contributed by atoms with van der Waals surface area (Å²) in [6, 6.07) is 0.645. The third-order valence-corrected chi connectivity index (χ3v) is 2.46. The van der Waals surface area contributed by atoms with Gasteiger partial charge >= 0.3 is 0 Å². The molecule has 86 valence electrons. The number of hydrogen-bond donors (Lipinski definition) is 1. The first-order valence-electron chi connectivity index (χ1n) is 5.67. The van der Waals surface area contributed by atoms with E-state index >= 15 is 0 Å². The van der Waals surface area contributed by atoms with E-state index in [1.165, 1.54) is 6.54 Å². The molecular weight excluding hydrogens is 172 g/mol. The Morgan fingerprint density at radius 2 is 1.64 bits per heavy atom. The highest BCUT2D eigenvalue weighted by molar-refractivity contribution is 4.73. The molecule has 0 aromatic carbocycles. The summed E-state index contributed by atoms with van der Waals surface area (Å²) in [5, 5.41) is 3.54. The van der Waals surface area contributed by atoms with E-state index < -0.39 is 0 Å². The topological polar surface area (TPSA) is 15.3 Å². The summed E-state index contributed by atoms with van der Waals surface area (Å²) in [7, 11) is 2.19. The largest absolute Gasteiger partial charge is 0.312 e. The van der Waals surface area contributed by atoms with Gasteiger partial charge < -0.3 is 10.2 Å². The Morgan fingerprint density at radius 1 is 1.14 bits per heavy atom. The van der Waals surface area contributed by atoms with Crippen LogP contribution in [0, 0.1) is 5.92 Å². The average Bonchev–Trinajstić information content (AvgIpc) is 1.99. The van der Waals surface area contributed by atoms with E-state index in [2.05, 4.69) is 58.8 Å². The van der Waals surface area contributed by atoms with Gasteiger partial charge in [-0.3, -0.25) is 0 Å². The first-order chi connectivity index (χ1) is 6.22. The predicted octanol–water partition coefficient (Wildman–Crippen LogP) is 2.35. The minimum atomic E-state index is 0.241. The van der Waals surface area contributed by atoms with Crippen LogP contribution in [0.5, 0.6) is 0 Å². The van der Waals surface area contributed by atoms with Crippen LogP contribution in [0.2, 0.25) is 0 Å². The van der Waals surface area contributed by atoms with Crippen LogP contribution in [-0.4, -0.2) is 36.6 Å². The van der Waals surface area contributed by atoms with Crippen LogP contribution in [0.25, 0.3) is 0 Å². The maximum absolute atomic E-state index is 3.54. The third-order valence-electron chi connectivity index (χ3n) is 2.46. The van der Waals surface area contributed by atoms with Gasteiger partial charge in [-0.2, -0.15) is 0 Å². The molecule has 0 amide bonds. The van der Waals surface area contributed by atoms with Crippen molar-refractivity contribution in [3.05, 3.63) is 0 Å². The highest BCUT2D eigenvalue weighted by Crippen LogP contribution is 2.04. The summed E-state index contributed by atoms with van der Waals surface area (Å²) in [6.45, 7) is 15.7. The van der Waals surface area contributed by atoms with E-state index in [1.54, 1.807) is 0 Å². The first kappa shape index (κ1) is 13.9. The van der Waals surface area contributed by atoms with Crippen molar-refractivity contribution < 1.29 is 0 Å². The van der Waals surface area contributed by atoms with E-state index in [4.69, 9.17) is 0 Å². The summed E-state index contributed by atoms with van der Waals surface area (Å²) in [5.41, 5.74) is 0.241. The standard InChI is InChI=1S/C12H28N2/c1-10(2)14(7)9-11(3)8-13-12(4,5)6/h10-11,13H,8-9H2,1-7H3. The van der Waals surface area contributed by atoms with Crippen molar-refractivity contribution in [1.29, 1.82) is 0 Å². The quantitative estimate of drug-likeness (QED) is 0.733. The van der Waals surface area contributed by atoms with Gasteiger partial charge in [-0.25, -0.2) is 0 Å². The molecule has 0 saturated carbocycles. The molecule has 0 saturated heterocycles. The Labute approximate surface area is 90.1 Å². The monoisotopic (exact) mass is 200 g/mol. The minimum absolute atomic E-state index is 0.241. The van der Waals surface area contributed by atoms with Crippen LogP contribution in [0.1, 0.15) is 41.5 Å². The van der Waals surface area contributed by atoms with Crippen LogP contribution in [-0.2, 0) is 0 Å². The molecule has 1 N–H and O–H groups in total. The lowest BCUT2D eigenvalue weighted by Gasteiger charge is -2.28. The molecule has 0 rings (SSSR count). The van der Waals surface area contributed by atoms with Gasteiger partial charge in [0.05, 0.1) is 0 Å². The summed E-state index contributed by atoms with van der Waals surface area (Å²) < 4.78 is 0. The van der Waals surface area contributed by atoms with Crippen molar-refractivity contribution in [2.75, 3.05) is 20.1 Å². The second-order valence-corrected chi connectivity index (χ2v) is 5.77. The van der Waals surface area contributed by atoms with Crippen molar-refractivity contribution in [3.63, 3.8) is 0 Å². The minimum Gasteiger partial charge on any atom is -0.312 e. The summed E-state index contributed by atoms with van der Waals surface area (Å²) >= 11 is 0. The van der Waals surface area contributed by atoms with E-state index in [-0.39, 0.29) is 5.54 Å². The normalized spacial score (nSPS) is 15.2. The number of rotatable bonds is 5. The van der Waals surface area contributed by atoms with E-state index in [9.17, 15) is 0 Å². The van der Waals surface area contributed by atoms with Gasteiger partial charge in [0.15, 0.2) is 0 Å². The van der Waals surface area contributed by atoms with Gasteiger partial charge in [0, 0.05) is 18.1 Å². The molecule has 0 bridgehead atoms. The van der Waals surface area contributed by atoms with Gasteiger partial charge in [-0.1, -0.05) is 6.92 Å². The van der Waals surface area contributed by atoms with Gasteiger partial charge in [-0.05, 0) is 54.1 Å². The van der Waals surface area contributed by atoms with Crippen LogP contribution in [0.4, 0.5) is 0 Å². The smallest absolute Gasteiger partial charge is 0.00966 e. The maximum atomic E-state index is 3.54. The van der Waals surface area contributed by atoms with E-state index in [0.29, 0.717) is 12.0 Å². The maximum Gasteiger partial charge on any atom is 0.00966 e. The molecule has 0 spiro atoms. The zero-order chi connectivity index (χ0) is 11.4. The molecule has 2 nitrogen and oxygen atoms in total. The molecule has 1 unspecified atom stereocenters. The molecular formula is C12H28N2. The Kier molecular flexibility index (Phi) is 5.68. The SMILES string of the molecule is CC(CNC(C)(C)C)CN(C)C(C)C. The van der Waals surface area contributed by atoms with Crippen molar-refractivity contribution in [2.24, 2.45) is 5.92 Å². The summed E-state index contributed by atoms with van der Waals surface area (Å²) in [4.78, 5) is 2.40. The Hall–Kier alpha value is -0.0800. The fraction of sp³-hybridized carbons (Fsp3) is 1.00. The van der Waals surface area contributed by atoms with Gasteiger partial charge in [-0.15, -0.1) is 0 Å². The molecule has 0 aliphatic heterocycles. The van der Waals surface area contributed by atoms with Gasteiger partial charge in [0.1, 0.15) is 0 Å². The van der Waals surface area contributed by atoms with Gasteiger partial charge in [0.25, 0.3) is 0 Å². The highest BCUT2D eigenvalue weighted by atomic mass is 15.1. The van der Waals surface area contributed by atoms with Gasteiger partial charge in [0.2, 0.25) is 0 Å². The lowest BCUT2D eigenvalue weighted by atomic mass is 10.1. The zero-order valence-electron chi connectivity index (χ0n) is 11.0. The molecule has 0 aliphatic carbocycles. The van der Waals surface area contributed by atoms with Crippen LogP contribution in [0.3, 0.4) is 0 Å². The molecule has 0 aliphatic rings. The highest BCUT2D eigenvalue weighted by Gasteiger charge is 2.13. The fourth-order valence-corrected chi connectivity index (χ4v) is 1.25. The average molecular weight is 200 g/mol. The predicted molar refractivity (Wildman–Crippen MR) is 64.7 cm³/mol. The van der Waals surface area contributed by atoms with E-state index in [1.807, 2.05) is 0 Å². The molecule has 1 atom stereocenters. The Morgan fingerprint density at radius 3 is 2.00 bits per heavy atom. The lowest BCUT2D eigenvalue weighted by Crippen LogP contribution is -2.41. The Bertz CT molecular complexity index is 147. The number of nitrogens with zero attached hydrogens (tertiary/aromatic N) is 1. The zero-order valence-corrected chi connectivity index (χ0v) is 11.0. The van der Waals surface area contributed by atoms with Crippen LogP contribution < -0.4 is 5.32 Å². The molecule has 2 heteroatoms. The van der Waals surface area contributed by atoms with Crippen LogP contribution in [0.15, 0.2) is 0 Å². The molecule has 0 heterocycles. The second-order valence-electron chi connectivity index (χ2n) is 5.77. The molecule has 0 aromatic heterocycles. The third kappa shape index (κ3) is 7.34. The molecule has 0 fully saturated rings. The Balaban J connectivity index is 3.71. The van der Waals surface area contributed by atoms with Crippen molar-refractivity contribution in [2.45, 2.75) is 53.1 Å². The van der Waals surface area contributed by atoms with Crippen molar-refractivity contribution in [3.8, 4) is 0 Å². The lowest BCUT2D eigenvalue weighted by molar-refractivity contribution is 0.227. The molecule has 0 aromatic rings. The molecule has 14 heavy (non-hydrogen) atoms. The van der Waals surface area contributed by atoms with Crippen LogP contribution >= 0.6 is 0 Å². The second kappa shape index (κ2) is 5.72. The number of hydrogen-bond acceptors (Lipinski definition) is 2. The summed E-state index contributed by atoms with van der Waals surface area (Å²) in [6.07, 6.45) is 0.